The number of hydrogen-bond donors (Lipinski definition) is 0. The van der Waals surface area contributed by atoms with Crippen LogP contribution in [0.2, 0.25) is 0 Å². The summed E-state index contributed by atoms with van der Waals surface area (Å²) in [5.41, 5.74) is 2.74. The molecule has 0 aromatic rings. The van der Waals surface area contributed by atoms with Crippen LogP contribution in [-0.4, -0.2) is 0 Å². The van der Waals surface area contributed by atoms with Crippen LogP contribution in [0.5, 0.6) is 0 Å². The quantitative estimate of drug-likeness (QED) is 0.616. The van der Waals surface area contributed by atoms with E-state index >= 15 is 0 Å². The molecule has 0 radical (unpaired) electrons. The molecular formula is C11H12S. The van der Waals surface area contributed by atoms with Crippen molar-refractivity contribution in [1.82, 2.24) is 0 Å². The second-order valence-electron chi connectivity index (χ2n) is 3.37. The molecule has 0 amide bonds. The Bertz CT molecular complexity index is 346. The highest BCUT2D eigenvalue weighted by Crippen LogP contribution is 2.30. The Balaban J connectivity index is 2.54. The van der Waals surface area contributed by atoms with E-state index in [1.165, 1.54) is 16.0 Å². The lowest BCUT2D eigenvalue weighted by Gasteiger charge is -2.06. The average molecular weight is 176 g/mol. The van der Waals surface area contributed by atoms with Gasteiger partial charge in [0.05, 0.1) is 0 Å². The van der Waals surface area contributed by atoms with E-state index in [2.05, 4.69) is 43.5 Å². The van der Waals surface area contributed by atoms with Crippen molar-refractivity contribution >= 4 is 11.3 Å². The molecule has 0 aromatic heterocycles. The van der Waals surface area contributed by atoms with Crippen LogP contribution in [0.25, 0.3) is 11.1 Å². The monoisotopic (exact) mass is 176 g/mol. The maximum atomic E-state index is 2.30. The first-order valence-electron chi connectivity index (χ1n) is 4.24. The van der Waals surface area contributed by atoms with Crippen molar-refractivity contribution in [2.24, 2.45) is 0 Å². The molecule has 0 atom stereocenters. The second-order valence-corrected chi connectivity index (χ2v) is 4.32. The maximum absolute atomic E-state index is 2.30. The molecule has 62 valence electrons. The fourth-order valence-corrected chi connectivity index (χ4v) is 2.25. The van der Waals surface area contributed by atoms with Gasteiger partial charge >= 0.3 is 0 Å². The van der Waals surface area contributed by atoms with E-state index in [1.807, 2.05) is 11.3 Å². The molecule has 0 spiro atoms. The van der Waals surface area contributed by atoms with Crippen LogP contribution in [0.1, 0.15) is 24.6 Å². The van der Waals surface area contributed by atoms with Crippen LogP contribution in [0.15, 0.2) is 29.6 Å². The Morgan fingerprint density at radius 3 is 2.67 bits per heavy atom. The molecule has 0 unspecified atom stereocenters. The van der Waals surface area contributed by atoms with Crippen molar-refractivity contribution in [3.8, 4) is 11.1 Å². The topological polar surface area (TPSA) is 0 Å². The van der Waals surface area contributed by atoms with E-state index in [9.17, 15) is 0 Å². The minimum Gasteiger partial charge on any atom is -0.148 e. The van der Waals surface area contributed by atoms with Gasteiger partial charge in [0, 0.05) is 4.88 Å². The third kappa shape index (κ3) is 1.25. The molecule has 0 aromatic carbocycles. The lowest BCUT2D eigenvalue weighted by molar-refractivity contribution is 0.888. The summed E-state index contributed by atoms with van der Waals surface area (Å²) < 4.78 is 0. The van der Waals surface area contributed by atoms with Crippen LogP contribution in [-0.2, 0) is 0 Å². The van der Waals surface area contributed by atoms with Crippen LogP contribution < -0.4 is 0 Å². The number of hydrogen-bond acceptors (Lipinski definition) is 1. The third-order valence-corrected chi connectivity index (χ3v) is 3.31. The molecule has 2 rings (SSSR count). The van der Waals surface area contributed by atoms with E-state index in [1.54, 1.807) is 0 Å². The van der Waals surface area contributed by atoms with Gasteiger partial charge in [-0.15, -0.1) is 11.3 Å². The Kier molecular flexibility index (Phi) is 1.89. The summed E-state index contributed by atoms with van der Waals surface area (Å²) in [5, 5.41) is 2.24. The van der Waals surface area contributed by atoms with Gasteiger partial charge in [-0.05, 0) is 28.5 Å². The molecule has 0 saturated carbocycles. The summed E-state index contributed by atoms with van der Waals surface area (Å²) >= 11 is 1.85. The van der Waals surface area contributed by atoms with Gasteiger partial charge < -0.3 is 0 Å². The van der Waals surface area contributed by atoms with Gasteiger partial charge in [0.2, 0.25) is 0 Å². The standard InChI is InChI=1S/C11H12S/c1-8(2)11-6-9-4-3-5-10(9)7-12-11/h3-8H,1-2H3. The largest absolute Gasteiger partial charge is 0.148 e. The van der Waals surface area contributed by atoms with Crippen LogP contribution in [0.3, 0.4) is 0 Å². The predicted molar refractivity (Wildman–Crippen MR) is 55.0 cm³/mol. The summed E-state index contributed by atoms with van der Waals surface area (Å²) in [4.78, 5) is 1.47. The Labute approximate surface area is 77.2 Å². The minimum absolute atomic E-state index is 0.648. The SMILES string of the molecule is CC(C)c1cc2cccc-2cs1. The minimum atomic E-state index is 0.648. The molecule has 0 bridgehead atoms. The number of fused-ring (bicyclic) bond motifs is 1. The molecule has 1 heterocycles. The van der Waals surface area contributed by atoms with Gasteiger partial charge in [-0.25, -0.2) is 0 Å². The van der Waals surface area contributed by atoms with Crippen molar-refractivity contribution in [2.45, 2.75) is 19.8 Å². The van der Waals surface area contributed by atoms with Gasteiger partial charge in [0.1, 0.15) is 0 Å². The van der Waals surface area contributed by atoms with Gasteiger partial charge in [0.25, 0.3) is 0 Å². The van der Waals surface area contributed by atoms with E-state index in [0.29, 0.717) is 5.92 Å². The first-order chi connectivity index (χ1) is 5.77. The molecule has 0 saturated heterocycles. The Hall–Kier alpha value is -0.820. The van der Waals surface area contributed by atoms with Crippen molar-refractivity contribution in [1.29, 1.82) is 0 Å². The summed E-state index contributed by atoms with van der Waals surface area (Å²) in [7, 11) is 0. The number of rotatable bonds is 1. The molecule has 0 N–H and O–H groups in total. The lowest BCUT2D eigenvalue weighted by Crippen LogP contribution is -1.83. The van der Waals surface area contributed by atoms with Gasteiger partial charge in [-0.2, -0.15) is 0 Å². The van der Waals surface area contributed by atoms with Gasteiger partial charge in [-0.1, -0.05) is 32.0 Å². The zero-order chi connectivity index (χ0) is 8.55. The van der Waals surface area contributed by atoms with Crippen molar-refractivity contribution in [3.63, 3.8) is 0 Å². The van der Waals surface area contributed by atoms with Crippen molar-refractivity contribution in [3.05, 3.63) is 34.5 Å². The van der Waals surface area contributed by atoms with E-state index in [-0.39, 0.29) is 0 Å². The van der Waals surface area contributed by atoms with Gasteiger partial charge in [-0.3, -0.25) is 0 Å². The van der Waals surface area contributed by atoms with Crippen molar-refractivity contribution < 1.29 is 0 Å². The summed E-state index contributed by atoms with van der Waals surface area (Å²) in [6.07, 6.45) is 0. The Morgan fingerprint density at radius 1 is 1.17 bits per heavy atom. The normalized spacial score (nSPS) is 11.2. The zero-order valence-corrected chi connectivity index (χ0v) is 8.19. The molecule has 0 fully saturated rings. The first kappa shape index (κ1) is 7.81. The zero-order valence-electron chi connectivity index (χ0n) is 7.37. The molecular weight excluding hydrogens is 164 g/mol. The van der Waals surface area contributed by atoms with E-state index in [0.717, 1.165) is 0 Å². The van der Waals surface area contributed by atoms with Gasteiger partial charge in [0.15, 0.2) is 0 Å². The van der Waals surface area contributed by atoms with E-state index in [4.69, 9.17) is 0 Å². The van der Waals surface area contributed by atoms with Crippen LogP contribution >= 0.6 is 11.3 Å². The fraction of sp³-hybridized carbons (Fsp3) is 0.273. The smallest absolute Gasteiger partial charge is 0.00767 e. The summed E-state index contributed by atoms with van der Waals surface area (Å²) in [6.45, 7) is 4.47. The fourth-order valence-electron chi connectivity index (χ4n) is 1.31. The lowest BCUT2D eigenvalue weighted by atomic mass is 10.1. The highest BCUT2D eigenvalue weighted by atomic mass is 32.1. The molecule has 2 aliphatic rings. The molecule has 12 heavy (non-hydrogen) atoms. The first-order valence-corrected chi connectivity index (χ1v) is 5.12. The summed E-state index contributed by atoms with van der Waals surface area (Å²) in [6, 6.07) is 8.75. The van der Waals surface area contributed by atoms with Crippen LogP contribution in [0, 0.1) is 0 Å². The summed E-state index contributed by atoms with van der Waals surface area (Å²) in [5.74, 6) is 0.648. The maximum Gasteiger partial charge on any atom is 0.00767 e. The van der Waals surface area contributed by atoms with E-state index < -0.39 is 0 Å². The average Bonchev–Trinajstić information content (AvgIpc) is 2.49. The molecule has 1 aliphatic heterocycles. The highest BCUT2D eigenvalue weighted by molar-refractivity contribution is 7.10. The molecule has 1 heteroatoms. The second kappa shape index (κ2) is 2.91. The third-order valence-electron chi connectivity index (χ3n) is 2.07. The predicted octanol–water partition coefficient (Wildman–Crippen LogP) is 3.98. The Morgan fingerprint density at radius 2 is 1.92 bits per heavy atom. The molecule has 1 aliphatic carbocycles. The van der Waals surface area contributed by atoms with Crippen LogP contribution in [0.4, 0.5) is 0 Å². The van der Waals surface area contributed by atoms with Crippen molar-refractivity contribution in [2.75, 3.05) is 0 Å². The molecule has 0 nitrogen and oxygen atoms in total. The highest BCUT2D eigenvalue weighted by Gasteiger charge is 2.05.